The van der Waals surface area contributed by atoms with Gasteiger partial charge < -0.3 is 10.1 Å². The zero-order chi connectivity index (χ0) is 17.9. The van der Waals surface area contributed by atoms with Crippen LogP contribution in [-0.2, 0) is 11.0 Å². The Kier molecular flexibility index (Phi) is 3.48. The minimum absolute atomic E-state index is 0.152. The van der Waals surface area contributed by atoms with Crippen LogP contribution in [0.3, 0.4) is 0 Å². The van der Waals surface area contributed by atoms with Gasteiger partial charge in [-0.3, -0.25) is 4.79 Å². The Labute approximate surface area is 137 Å². The second kappa shape index (κ2) is 4.97. The van der Waals surface area contributed by atoms with E-state index in [1.54, 1.807) is 6.92 Å². The first-order valence-electron chi connectivity index (χ1n) is 7.77. The highest BCUT2D eigenvalue weighted by atomic mass is 19.4. The van der Waals surface area contributed by atoms with E-state index in [0.717, 1.165) is 12.1 Å². The van der Waals surface area contributed by atoms with Crippen molar-refractivity contribution in [2.75, 3.05) is 0 Å². The van der Waals surface area contributed by atoms with Gasteiger partial charge in [0.25, 0.3) is 0 Å². The smallest absolute Gasteiger partial charge is 0.416 e. The van der Waals surface area contributed by atoms with Crippen molar-refractivity contribution in [2.24, 2.45) is 10.8 Å². The van der Waals surface area contributed by atoms with E-state index in [2.05, 4.69) is 9.97 Å². The third kappa shape index (κ3) is 2.29. The molecule has 0 spiro atoms. The lowest BCUT2D eigenvalue weighted by Gasteiger charge is -2.37. The van der Waals surface area contributed by atoms with E-state index in [-0.39, 0.29) is 5.92 Å². The number of aliphatic carboxylic acids is 1. The van der Waals surface area contributed by atoms with Crippen LogP contribution in [0.15, 0.2) is 18.2 Å². The number of halogens is 3. The van der Waals surface area contributed by atoms with Crippen molar-refractivity contribution in [3.8, 4) is 0 Å². The second-order valence-electron chi connectivity index (χ2n) is 7.30. The number of carboxylic acids is 1. The molecule has 1 aliphatic rings. The molecule has 130 valence electrons. The predicted octanol–water partition coefficient (Wildman–Crippen LogP) is 4.58. The summed E-state index contributed by atoms with van der Waals surface area (Å²) in [6, 6.07) is 3.40. The van der Waals surface area contributed by atoms with Gasteiger partial charge >= 0.3 is 12.1 Å². The van der Waals surface area contributed by atoms with Gasteiger partial charge in [0.1, 0.15) is 5.82 Å². The lowest BCUT2D eigenvalue weighted by Crippen LogP contribution is -2.40. The molecule has 1 fully saturated rings. The van der Waals surface area contributed by atoms with Crippen LogP contribution in [0.4, 0.5) is 13.2 Å². The number of H-pyrrole nitrogens is 1. The van der Waals surface area contributed by atoms with Crippen LogP contribution in [0.1, 0.15) is 50.9 Å². The molecular formula is C17H19F3N2O2. The number of fused-ring (bicyclic) bond motifs is 1. The number of nitrogens with one attached hydrogen (secondary N) is 1. The second-order valence-corrected chi connectivity index (χ2v) is 7.30. The monoisotopic (exact) mass is 340 g/mol. The Balaban J connectivity index is 2.03. The number of alkyl halides is 3. The van der Waals surface area contributed by atoms with Crippen LogP contribution in [0.2, 0.25) is 0 Å². The number of nitrogens with zero attached hydrogens (tertiary/aromatic N) is 1. The summed E-state index contributed by atoms with van der Waals surface area (Å²) in [5.74, 6) is -0.454. The summed E-state index contributed by atoms with van der Waals surface area (Å²) in [5, 5.41) is 9.58. The molecule has 1 saturated carbocycles. The fourth-order valence-electron chi connectivity index (χ4n) is 3.73. The average molecular weight is 340 g/mol. The van der Waals surface area contributed by atoms with E-state index >= 15 is 0 Å². The minimum atomic E-state index is -4.41. The zero-order valence-electron chi connectivity index (χ0n) is 13.7. The van der Waals surface area contributed by atoms with Crippen molar-refractivity contribution in [2.45, 2.75) is 45.7 Å². The number of aromatic amines is 1. The van der Waals surface area contributed by atoms with Gasteiger partial charge in [-0.2, -0.15) is 13.2 Å². The Bertz CT molecular complexity index is 810. The molecule has 1 aliphatic carbocycles. The molecule has 0 aliphatic heterocycles. The lowest BCUT2D eigenvalue weighted by atomic mass is 9.65. The first kappa shape index (κ1) is 16.8. The van der Waals surface area contributed by atoms with E-state index < -0.39 is 28.5 Å². The highest BCUT2D eigenvalue weighted by molar-refractivity contribution is 5.77. The number of benzene rings is 1. The number of aromatic nitrogens is 2. The molecule has 1 heterocycles. The molecule has 24 heavy (non-hydrogen) atoms. The molecule has 0 amide bonds. The van der Waals surface area contributed by atoms with Gasteiger partial charge in [0.15, 0.2) is 0 Å². The summed E-state index contributed by atoms with van der Waals surface area (Å²) in [6.07, 6.45) is -3.28. The molecule has 4 nitrogen and oxygen atoms in total. The van der Waals surface area contributed by atoms with Gasteiger partial charge in [0.2, 0.25) is 0 Å². The molecule has 2 atom stereocenters. The largest absolute Gasteiger partial charge is 0.481 e. The van der Waals surface area contributed by atoms with Gasteiger partial charge in [0, 0.05) is 5.92 Å². The van der Waals surface area contributed by atoms with Gasteiger partial charge in [-0.15, -0.1) is 0 Å². The SMILES string of the molecule is CC1(C)[C@@H](c2nc3ccc(C(F)(F)F)cc3[nH]2)CC[C@@]1(C)C(=O)O. The molecule has 2 aromatic rings. The van der Waals surface area contributed by atoms with Crippen LogP contribution < -0.4 is 0 Å². The molecule has 3 rings (SSSR count). The van der Waals surface area contributed by atoms with Crippen LogP contribution in [0, 0.1) is 10.8 Å². The van der Waals surface area contributed by atoms with Gasteiger partial charge in [-0.05, 0) is 43.4 Å². The number of hydrogen-bond donors (Lipinski definition) is 2. The Hall–Kier alpha value is -2.05. The van der Waals surface area contributed by atoms with Crippen LogP contribution in [-0.4, -0.2) is 21.0 Å². The topological polar surface area (TPSA) is 66.0 Å². The first-order valence-corrected chi connectivity index (χ1v) is 7.77. The molecule has 0 radical (unpaired) electrons. The fourth-order valence-corrected chi connectivity index (χ4v) is 3.73. The molecule has 0 saturated heterocycles. The summed E-state index contributed by atoms with van der Waals surface area (Å²) in [7, 11) is 0. The number of imidazole rings is 1. The predicted molar refractivity (Wildman–Crippen MR) is 82.6 cm³/mol. The Morgan fingerprint density at radius 3 is 2.54 bits per heavy atom. The van der Waals surface area contributed by atoms with Crippen LogP contribution >= 0.6 is 0 Å². The van der Waals surface area contributed by atoms with Crippen LogP contribution in [0.25, 0.3) is 11.0 Å². The minimum Gasteiger partial charge on any atom is -0.481 e. The summed E-state index contributed by atoms with van der Waals surface area (Å²) >= 11 is 0. The quantitative estimate of drug-likeness (QED) is 0.841. The van der Waals surface area contributed by atoms with Gasteiger partial charge in [0.05, 0.1) is 22.0 Å². The van der Waals surface area contributed by atoms with Crippen molar-refractivity contribution in [3.05, 3.63) is 29.6 Å². The molecule has 7 heteroatoms. The summed E-state index contributed by atoms with van der Waals surface area (Å²) in [4.78, 5) is 19.1. The van der Waals surface area contributed by atoms with Crippen molar-refractivity contribution in [3.63, 3.8) is 0 Å². The van der Waals surface area contributed by atoms with Crippen molar-refractivity contribution in [1.29, 1.82) is 0 Å². The number of carboxylic acid groups (broad SMARTS) is 1. The molecule has 0 unspecified atom stereocenters. The zero-order valence-corrected chi connectivity index (χ0v) is 13.7. The van der Waals surface area contributed by atoms with Gasteiger partial charge in [-0.25, -0.2) is 4.98 Å². The van der Waals surface area contributed by atoms with E-state index in [1.807, 2.05) is 13.8 Å². The highest BCUT2D eigenvalue weighted by Crippen LogP contribution is 2.59. The number of rotatable bonds is 2. The van der Waals surface area contributed by atoms with Crippen LogP contribution in [0.5, 0.6) is 0 Å². The van der Waals surface area contributed by atoms with E-state index in [9.17, 15) is 23.1 Å². The molecule has 1 aromatic carbocycles. The standard InChI is InChI=1S/C17H19F3N2O2/c1-15(2)10(6-7-16(15,3)14(23)24)13-21-11-5-4-9(17(18,19)20)8-12(11)22-13/h4-5,8,10H,6-7H2,1-3H3,(H,21,22)(H,23,24)/t10-,16+/m1/s1. The molecule has 1 aromatic heterocycles. The van der Waals surface area contributed by atoms with Crippen molar-refractivity contribution < 1.29 is 23.1 Å². The highest BCUT2D eigenvalue weighted by Gasteiger charge is 2.57. The normalized spacial score (nSPS) is 26.8. The maximum atomic E-state index is 12.8. The Morgan fingerprint density at radius 2 is 2.00 bits per heavy atom. The van der Waals surface area contributed by atoms with E-state index in [1.165, 1.54) is 6.07 Å². The lowest BCUT2D eigenvalue weighted by molar-refractivity contribution is -0.153. The third-order valence-corrected chi connectivity index (χ3v) is 5.86. The molecule has 0 bridgehead atoms. The fraction of sp³-hybridized carbons (Fsp3) is 0.529. The first-order chi connectivity index (χ1) is 11.0. The average Bonchev–Trinajstić information content (AvgIpc) is 2.97. The van der Waals surface area contributed by atoms with Crippen molar-refractivity contribution >= 4 is 17.0 Å². The van der Waals surface area contributed by atoms with Gasteiger partial charge in [-0.1, -0.05) is 13.8 Å². The Morgan fingerprint density at radius 1 is 1.33 bits per heavy atom. The van der Waals surface area contributed by atoms with E-state index in [0.29, 0.717) is 29.7 Å². The summed E-state index contributed by atoms with van der Waals surface area (Å²) in [5.41, 5.74) is -1.42. The van der Waals surface area contributed by atoms with E-state index in [4.69, 9.17) is 0 Å². The maximum absolute atomic E-state index is 12.8. The summed E-state index contributed by atoms with van der Waals surface area (Å²) in [6.45, 7) is 5.49. The molecule has 2 N–H and O–H groups in total. The molecular weight excluding hydrogens is 321 g/mol. The summed E-state index contributed by atoms with van der Waals surface area (Å²) < 4.78 is 38.5. The number of carbonyl (C=O) groups is 1. The van der Waals surface area contributed by atoms with Crippen molar-refractivity contribution in [1.82, 2.24) is 9.97 Å². The third-order valence-electron chi connectivity index (χ3n) is 5.86. The maximum Gasteiger partial charge on any atom is 0.416 e. The number of hydrogen-bond acceptors (Lipinski definition) is 2.